The Morgan fingerprint density at radius 3 is 2.12 bits per heavy atom. The molecule has 0 bridgehead atoms. The summed E-state index contributed by atoms with van der Waals surface area (Å²) < 4.78 is 15.0. The lowest BCUT2D eigenvalue weighted by Crippen LogP contribution is -2.51. The van der Waals surface area contributed by atoms with Crippen LogP contribution in [0.1, 0.15) is 28.7 Å². The minimum absolute atomic E-state index is 0.0860. The van der Waals surface area contributed by atoms with E-state index < -0.39 is 11.2 Å². The number of benzene rings is 3. The van der Waals surface area contributed by atoms with Crippen molar-refractivity contribution in [3.63, 3.8) is 0 Å². The Balaban J connectivity index is 1.79. The Morgan fingerprint density at radius 1 is 0.750 bits per heavy atom. The Labute approximate surface area is 205 Å². The molecular formula is C28H22Br2O2. The van der Waals surface area contributed by atoms with E-state index in [0.717, 1.165) is 20.9 Å². The first-order chi connectivity index (χ1) is 15.7. The molecule has 32 heavy (non-hydrogen) atoms. The van der Waals surface area contributed by atoms with Gasteiger partial charge >= 0.3 is 0 Å². The maximum Gasteiger partial charge on any atom is 0.202 e. The number of allylic oxidation sites excluding steroid dienone is 3. The lowest BCUT2D eigenvalue weighted by molar-refractivity contribution is -0.201. The average molecular weight is 550 g/mol. The highest BCUT2D eigenvalue weighted by Gasteiger charge is 2.59. The summed E-state index contributed by atoms with van der Waals surface area (Å²) in [5, 5.41) is 0. The van der Waals surface area contributed by atoms with Gasteiger partial charge in [-0.05, 0) is 46.9 Å². The van der Waals surface area contributed by atoms with Crippen LogP contribution in [-0.2, 0) is 20.7 Å². The highest BCUT2D eigenvalue weighted by molar-refractivity contribution is 9.11. The molecule has 1 spiro atoms. The number of rotatable bonds is 2. The van der Waals surface area contributed by atoms with Gasteiger partial charge in [0, 0.05) is 20.4 Å². The molecule has 1 heterocycles. The van der Waals surface area contributed by atoms with Crippen molar-refractivity contribution in [2.75, 3.05) is 13.2 Å². The lowest BCUT2D eigenvalue weighted by Gasteiger charge is -2.53. The highest BCUT2D eigenvalue weighted by Crippen LogP contribution is 2.61. The first-order valence-corrected chi connectivity index (χ1v) is 12.5. The first kappa shape index (κ1) is 20.6. The number of fused-ring (bicyclic) bond motifs is 4. The van der Waals surface area contributed by atoms with E-state index in [1.165, 1.54) is 22.3 Å². The van der Waals surface area contributed by atoms with Crippen LogP contribution in [0.4, 0.5) is 0 Å². The van der Waals surface area contributed by atoms with Gasteiger partial charge in [-0.25, -0.2) is 0 Å². The third-order valence-electron chi connectivity index (χ3n) is 6.98. The van der Waals surface area contributed by atoms with Gasteiger partial charge in [0.15, 0.2) is 0 Å². The molecule has 3 aliphatic rings. The van der Waals surface area contributed by atoms with E-state index in [2.05, 4.69) is 123 Å². The van der Waals surface area contributed by atoms with Crippen LogP contribution in [0.25, 0.3) is 0 Å². The van der Waals surface area contributed by atoms with Crippen LogP contribution in [0.2, 0.25) is 0 Å². The summed E-state index contributed by atoms with van der Waals surface area (Å²) in [5.41, 5.74) is 5.68. The molecule has 4 heteroatoms. The summed E-state index contributed by atoms with van der Waals surface area (Å²) in [4.78, 5) is 0. The average Bonchev–Trinajstić information content (AvgIpc) is 3.31. The molecular weight excluding hydrogens is 528 g/mol. The normalized spacial score (nSPS) is 25.3. The summed E-state index contributed by atoms with van der Waals surface area (Å²) in [5.74, 6) is -0.655. The maximum atomic E-state index is 6.47. The van der Waals surface area contributed by atoms with Crippen molar-refractivity contribution < 1.29 is 9.47 Å². The summed E-state index contributed by atoms with van der Waals surface area (Å²) >= 11 is 7.50. The van der Waals surface area contributed by atoms with Crippen molar-refractivity contribution in [1.82, 2.24) is 0 Å². The molecule has 0 amide bonds. The number of ether oxygens (including phenoxy) is 2. The van der Waals surface area contributed by atoms with Crippen molar-refractivity contribution in [3.05, 3.63) is 128 Å². The van der Waals surface area contributed by atoms with Gasteiger partial charge in [0.25, 0.3) is 0 Å². The number of hydrogen-bond donors (Lipinski definition) is 0. The molecule has 3 aromatic rings. The minimum Gasteiger partial charge on any atom is -0.343 e. The summed E-state index contributed by atoms with van der Waals surface area (Å²) in [6, 6.07) is 26.1. The van der Waals surface area contributed by atoms with Gasteiger partial charge in [-0.1, -0.05) is 105 Å². The fourth-order valence-corrected chi connectivity index (χ4v) is 7.18. The van der Waals surface area contributed by atoms with E-state index in [9.17, 15) is 0 Å². The van der Waals surface area contributed by atoms with Crippen molar-refractivity contribution in [3.8, 4) is 0 Å². The maximum absolute atomic E-state index is 6.47. The fourth-order valence-electron chi connectivity index (χ4n) is 5.89. The van der Waals surface area contributed by atoms with Crippen LogP contribution in [0.5, 0.6) is 0 Å². The third kappa shape index (κ3) is 2.83. The van der Waals surface area contributed by atoms with E-state index >= 15 is 0 Å². The first-order valence-electron chi connectivity index (χ1n) is 10.9. The lowest BCUT2D eigenvalue weighted by atomic mass is 9.54. The molecule has 0 N–H and O–H groups in total. The van der Waals surface area contributed by atoms with Gasteiger partial charge in [0.2, 0.25) is 5.79 Å². The Morgan fingerprint density at radius 2 is 1.41 bits per heavy atom. The zero-order chi connectivity index (χ0) is 21.8. The highest BCUT2D eigenvalue weighted by atomic mass is 79.9. The van der Waals surface area contributed by atoms with Gasteiger partial charge in [0.1, 0.15) is 0 Å². The third-order valence-corrected chi connectivity index (χ3v) is 7.89. The van der Waals surface area contributed by atoms with E-state index in [1.54, 1.807) is 0 Å². The Bertz CT molecular complexity index is 1220. The smallest absolute Gasteiger partial charge is 0.202 e. The van der Waals surface area contributed by atoms with E-state index in [-0.39, 0.29) is 5.92 Å². The summed E-state index contributed by atoms with van der Waals surface area (Å²) in [6.07, 6.45) is 7.59. The summed E-state index contributed by atoms with van der Waals surface area (Å²) in [7, 11) is 0. The SMILES string of the molecule is Brc1cc(Br)cc(C2(c3ccccc3)C3=CC=CCC3C3(OCCO3)c3ccccc32)c1. The van der Waals surface area contributed by atoms with Crippen molar-refractivity contribution in [2.45, 2.75) is 17.6 Å². The molecule has 1 fully saturated rings. The van der Waals surface area contributed by atoms with Gasteiger partial charge in [-0.3, -0.25) is 0 Å². The predicted octanol–water partition coefficient (Wildman–Crippen LogP) is 7.26. The van der Waals surface area contributed by atoms with Gasteiger partial charge in [0.05, 0.1) is 18.6 Å². The monoisotopic (exact) mass is 548 g/mol. The standard InChI is InChI=1S/C28H22Br2O2/c29-21-16-20(17-22(30)18-21)27(19-8-2-1-3-9-19)23-10-4-6-12-25(23)28(31-14-15-32-28)26-13-7-5-11-24(26)27/h1-12,16-18,26H,13-15H2. The topological polar surface area (TPSA) is 18.5 Å². The van der Waals surface area contributed by atoms with Gasteiger partial charge < -0.3 is 9.47 Å². The van der Waals surface area contributed by atoms with Gasteiger partial charge in [-0.2, -0.15) is 0 Å². The van der Waals surface area contributed by atoms with Crippen LogP contribution in [-0.4, -0.2) is 13.2 Å². The minimum atomic E-state index is -0.741. The van der Waals surface area contributed by atoms with Crippen molar-refractivity contribution in [1.29, 1.82) is 0 Å². The van der Waals surface area contributed by atoms with Crippen molar-refractivity contribution in [2.24, 2.45) is 5.92 Å². The quantitative estimate of drug-likeness (QED) is 0.335. The fraction of sp³-hybridized carbons (Fsp3) is 0.214. The van der Waals surface area contributed by atoms with Crippen LogP contribution < -0.4 is 0 Å². The summed E-state index contributed by atoms with van der Waals surface area (Å²) in [6.45, 7) is 1.23. The second-order valence-corrected chi connectivity index (χ2v) is 10.4. The molecule has 0 aromatic heterocycles. The second-order valence-electron chi connectivity index (χ2n) is 8.52. The van der Waals surface area contributed by atoms with Gasteiger partial charge in [-0.15, -0.1) is 0 Å². The largest absolute Gasteiger partial charge is 0.343 e. The number of halogens is 2. The molecule has 2 nitrogen and oxygen atoms in total. The Hall–Kier alpha value is -1.98. The zero-order valence-corrected chi connectivity index (χ0v) is 20.6. The van der Waals surface area contributed by atoms with E-state index in [0.29, 0.717) is 13.2 Å². The second kappa shape index (κ2) is 7.81. The van der Waals surface area contributed by atoms with Crippen LogP contribution >= 0.6 is 31.9 Å². The molecule has 3 aromatic carbocycles. The number of hydrogen-bond acceptors (Lipinski definition) is 2. The molecule has 2 atom stereocenters. The van der Waals surface area contributed by atoms with E-state index in [4.69, 9.17) is 9.47 Å². The van der Waals surface area contributed by atoms with Crippen LogP contribution in [0.15, 0.2) is 106 Å². The van der Waals surface area contributed by atoms with Crippen molar-refractivity contribution >= 4 is 31.9 Å². The molecule has 0 radical (unpaired) electrons. The zero-order valence-electron chi connectivity index (χ0n) is 17.4. The molecule has 1 saturated heterocycles. The molecule has 160 valence electrons. The van der Waals surface area contributed by atoms with Crippen LogP contribution in [0, 0.1) is 5.92 Å². The molecule has 0 saturated carbocycles. The molecule has 6 rings (SSSR count). The molecule has 2 aliphatic carbocycles. The molecule has 2 unspecified atom stereocenters. The van der Waals surface area contributed by atoms with E-state index in [1.807, 2.05) is 0 Å². The molecule has 1 aliphatic heterocycles. The predicted molar refractivity (Wildman–Crippen MR) is 134 cm³/mol. The van der Waals surface area contributed by atoms with Crippen LogP contribution in [0.3, 0.4) is 0 Å². The Kier molecular flexibility index (Phi) is 5.03.